The van der Waals surface area contributed by atoms with E-state index in [4.69, 9.17) is 11.6 Å². The van der Waals surface area contributed by atoms with Crippen LogP contribution in [-0.2, 0) is 9.84 Å². The van der Waals surface area contributed by atoms with E-state index in [1.54, 1.807) is 22.9 Å². The molecule has 7 nitrogen and oxygen atoms in total. The molecule has 1 amide bonds. The van der Waals surface area contributed by atoms with Crippen molar-refractivity contribution in [3.05, 3.63) is 70.5 Å². The first kappa shape index (κ1) is 22.4. The molecule has 2 heterocycles. The number of carbonyl (C=O) groups is 1. The summed E-state index contributed by atoms with van der Waals surface area (Å²) >= 11 is 6.17. The standard InChI is InChI=1S/C23H25ClN4O3S/c1-16-4-5-18(24)15-21(16)26-10-12-27(13-11-26)23(29)22-14-17(2)25-28(22)19-6-8-20(9-7-19)32(3,30)31/h4-9,14-15H,10-13H2,1-3H3. The number of benzene rings is 2. The van der Waals surface area contributed by atoms with Gasteiger partial charge in [0.05, 0.1) is 16.3 Å². The van der Waals surface area contributed by atoms with Gasteiger partial charge in [-0.15, -0.1) is 0 Å². The van der Waals surface area contributed by atoms with Gasteiger partial charge in [0, 0.05) is 43.1 Å². The molecule has 0 N–H and O–H groups in total. The van der Waals surface area contributed by atoms with E-state index < -0.39 is 9.84 Å². The summed E-state index contributed by atoms with van der Waals surface area (Å²) in [5.74, 6) is -0.0970. The molecule has 9 heteroatoms. The first-order valence-corrected chi connectivity index (χ1v) is 12.6. The Morgan fingerprint density at radius 3 is 2.25 bits per heavy atom. The SMILES string of the molecule is Cc1cc(C(=O)N2CCN(c3cc(Cl)ccc3C)CC2)n(-c2ccc(S(C)(=O)=O)cc2)n1. The molecule has 3 aromatic rings. The van der Waals surface area contributed by atoms with E-state index in [0.29, 0.717) is 48.3 Å². The van der Waals surface area contributed by atoms with Gasteiger partial charge < -0.3 is 9.80 Å². The zero-order valence-electron chi connectivity index (χ0n) is 18.2. The minimum absolute atomic E-state index is 0.0970. The summed E-state index contributed by atoms with van der Waals surface area (Å²) in [4.78, 5) is 17.6. The first-order valence-electron chi connectivity index (χ1n) is 10.3. The van der Waals surface area contributed by atoms with E-state index in [9.17, 15) is 13.2 Å². The molecule has 1 fully saturated rings. The molecule has 32 heavy (non-hydrogen) atoms. The highest BCUT2D eigenvalue weighted by Gasteiger charge is 2.26. The number of sulfone groups is 1. The second-order valence-corrected chi connectivity index (χ2v) is 10.5. The van der Waals surface area contributed by atoms with Crippen LogP contribution in [0.25, 0.3) is 5.69 Å². The predicted molar refractivity (Wildman–Crippen MR) is 126 cm³/mol. The molecule has 0 aliphatic carbocycles. The molecule has 0 bridgehead atoms. The lowest BCUT2D eigenvalue weighted by Crippen LogP contribution is -2.49. The molecule has 0 radical (unpaired) electrons. The Labute approximate surface area is 193 Å². The number of aromatic nitrogens is 2. The van der Waals surface area contributed by atoms with Gasteiger partial charge in [0.25, 0.3) is 5.91 Å². The third-order valence-electron chi connectivity index (χ3n) is 5.64. The molecule has 168 valence electrons. The zero-order valence-corrected chi connectivity index (χ0v) is 19.8. The largest absolute Gasteiger partial charge is 0.368 e. The summed E-state index contributed by atoms with van der Waals surface area (Å²) in [6.07, 6.45) is 1.17. The van der Waals surface area contributed by atoms with Gasteiger partial charge in [0.1, 0.15) is 5.69 Å². The van der Waals surface area contributed by atoms with Crippen molar-refractivity contribution in [2.75, 3.05) is 37.3 Å². The fraction of sp³-hybridized carbons (Fsp3) is 0.304. The van der Waals surface area contributed by atoms with Gasteiger partial charge in [-0.05, 0) is 61.9 Å². The number of anilines is 1. The highest BCUT2D eigenvalue weighted by atomic mass is 35.5. The highest BCUT2D eigenvalue weighted by Crippen LogP contribution is 2.26. The maximum Gasteiger partial charge on any atom is 0.272 e. The molecule has 4 rings (SSSR count). The van der Waals surface area contributed by atoms with Crippen molar-refractivity contribution >= 4 is 33.0 Å². The molecule has 1 aliphatic rings. The monoisotopic (exact) mass is 472 g/mol. The molecule has 0 unspecified atom stereocenters. The maximum absolute atomic E-state index is 13.3. The predicted octanol–water partition coefficient (Wildman–Crippen LogP) is 3.51. The van der Waals surface area contributed by atoms with E-state index in [0.717, 1.165) is 11.3 Å². The summed E-state index contributed by atoms with van der Waals surface area (Å²) in [7, 11) is -3.29. The average Bonchev–Trinajstić information content (AvgIpc) is 3.16. The summed E-state index contributed by atoms with van der Waals surface area (Å²) in [6.45, 7) is 6.48. The summed E-state index contributed by atoms with van der Waals surface area (Å²) in [5.41, 5.74) is 4.06. The van der Waals surface area contributed by atoms with Gasteiger partial charge in [0.15, 0.2) is 9.84 Å². The first-order chi connectivity index (χ1) is 15.1. The Balaban J connectivity index is 1.53. The molecular formula is C23H25ClN4O3S. The van der Waals surface area contributed by atoms with Crippen LogP contribution in [0.3, 0.4) is 0 Å². The van der Waals surface area contributed by atoms with E-state index in [1.165, 1.54) is 18.4 Å². The molecule has 0 atom stereocenters. The summed E-state index contributed by atoms with van der Waals surface area (Å²) in [6, 6.07) is 14.0. The van der Waals surface area contributed by atoms with Crippen LogP contribution >= 0.6 is 11.6 Å². The van der Waals surface area contributed by atoms with E-state index in [-0.39, 0.29) is 10.8 Å². The minimum atomic E-state index is -3.29. The van der Waals surface area contributed by atoms with Crippen LogP contribution in [0.15, 0.2) is 53.4 Å². The molecule has 0 saturated carbocycles. The van der Waals surface area contributed by atoms with Crippen LogP contribution < -0.4 is 4.90 Å². The van der Waals surface area contributed by atoms with E-state index >= 15 is 0 Å². The number of halogens is 1. The van der Waals surface area contributed by atoms with Crippen LogP contribution in [0.4, 0.5) is 5.69 Å². The Hall–Kier alpha value is -2.84. The van der Waals surface area contributed by atoms with Crippen molar-refractivity contribution in [1.82, 2.24) is 14.7 Å². The lowest BCUT2D eigenvalue weighted by atomic mass is 10.1. The maximum atomic E-state index is 13.3. The Morgan fingerprint density at radius 1 is 0.969 bits per heavy atom. The fourth-order valence-electron chi connectivity index (χ4n) is 3.92. The number of hydrogen-bond acceptors (Lipinski definition) is 5. The van der Waals surface area contributed by atoms with Gasteiger partial charge in [-0.3, -0.25) is 4.79 Å². The Morgan fingerprint density at radius 2 is 1.62 bits per heavy atom. The smallest absolute Gasteiger partial charge is 0.272 e. The molecule has 0 spiro atoms. The quantitative estimate of drug-likeness (QED) is 0.580. The Bertz CT molecular complexity index is 1260. The molecule has 1 aromatic heterocycles. The average molecular weight is 473 g/mol. The number of rotatable bonds is 4. The number of piperazine rings is 1. The minimum Gasteiger partial charge on any atom is -0.368 e. The topological polar surface area (TPSA) is 75.5 Å². The third kappa shape index (κ3) is 4.52. The van der Waals surface area contributed by atoms with Gasteiger partial charge in [0.2, 0.25) is 0 Å². The van der Waals surface area contributed by atoms with Crippen molar-refractivity contribution in [3.63, 3.8) is 0 Å². The number of hydrogen-bond donors (Lipinski definition) is 0. The van der Waals surface area contributed by atoms with Crippen LogP contribution in [0, 0.1) is 13.8 Å². The number of carbonyl (C=O) groups excluding carboxylic acids is 1. The van der Waals surface area contributed by atoms with Gasteiger partial charge in [-0.25, -0.2) is 13.1 Å². The summed E-state index contributed by atoms with van der Waals surface area (Å²) in [5, 5.41) is 5.17. The molecule has 2 aromatic carbocycles. The van der Waals surface area contributed by atoms with Crippen molar-refractivity contribution in [2.45, 2.75) is 18.7 Å². The molecular weight excluding hydrogens is 448 g/mol. The lowest BCUT2D eigenvalue weighted by Gasteiger charge is -2.36. The Kier molecular flexibility index (Phi) is 6.01. The second-order valence-electron chi connectivity index (χ2n) is 8.06. The van der Waals surface area contributed by atoms with Crippen LogP contribution in [0.2, 0.25) is 5.02 Å². The normalized spacial score (nSPS) is 14.6. The van der Waals surface area contributed by atoms with Gasteiger partial charge >= 0.3 is 0 Å². The van der Waals surface area contributed by atoms with Gasteiger partial charge in [-0.2, -0.15) is 5.10 Å². The van der Waals surface area contributed by atoms with E-state index in [2.05, 4.69) is 16.9 Å². The number of aryl methyl sites for hydroxylation is 2. The van der Waals surface area contributed by atoms with E-state index in [1.807, 2.05) is 30.0 Å². The number of amides is 1. The highest BCUT2D eigenvalue weighted by molar-refractivity contribution is 7.90. The van der Waals surface area contributed by atoms with Crippen molar-refractivity contribution in [1.29, 1.82) is 0 Å². The van der Waals surface area contributed by atoms with Crippen LogP contribution in [0.5, 0.6) is 0 Å². The second kappa shape index (κ2) is 8.60. The molecule has 1 aliphatic heterocycles. The van der Waals surface area contributed by atoms with Crippen molar-refractivity contribution < 1.29 is 13.2 Å². The number of nitrogens with zero attached hydrogens (tertiary/aromatic N) is 4. The zero-order chi connectivity index (χ0) is 23.0. The summed E-state index contributed by atoms with van der Waals surface area (Å²) < 4.78 is 25.1. The van der Waals surface area contributed by atoms with Crippen LogP contribution in [-0.4, -0.2) is 61.4 Å². The molecule has 1 saturated heterocycles. The fourth-order valence-corrected chi connectivity index (χ4v) is 4.72. The van der Waals surface area contributed by atoms with Crippen molar-refractivity contribution in [3.8, 4) is 5.69 Å². The lowest BCUT2D eigenvalue weighted by molar-refractivity contribution is 0.0737. The third-order valence-corrected chi connectivity index (χ3v) is 7.00. The van der Waals surface area contributed by atoms with Gasteiger partial charge in [-0.1, -0.05) is 17.7 Å². The van der Waals surface area contributed by atoms with Crippen molar-refractivity contribution in [2.24, 2.45) is 0 Å². The van der Waals surface area contributed by atoms with Crippen LogP contribution in [0.1, 0.15) is 21.7 Å².